The van der Waals surface area contributed by atoms with Crippen molar-refractivity contribution in [2.45, 2.75) is 12.5 Å². The molecule has 90 valence electrons. The summed E-state index contributed by atoms with van der Waals surface area (Å²) in [6.07, 6.45) is 1.02. The van der Waals surface area contributed by atoms with Crippen LogP contribution in [0.4, 0.5) is 4.39 Å². The quantitative estimate of drug-likeness (QED) is 0.890. The van der Waals surface area contributed by atoms with E-state index in [1.165, 1.54) is 6.07 Å². The van der Waals surface area contributed by atoms with Crippen molar-refractivity contribution >= 4 is 21.4 Å². The lowest BCUT2D eigenvalue weighted by Gasteiger charge is -2.15. The van der Waals surface area contributed by atoms with Gasteiger partial charge in [-0.1, -0.05) is 6.07 Å². The second-order valence-electron chi connectivity index (χ2n) is 4.48. The van der Waals surface area contributed by atoms with Gasteiger partial charge in [0, 0.05) is 28.1 Å². The van der Waals surface area contributed by atoms with E-state index >= 15 is 0 Å². The van der Waals surface area contributed by atoms with Crippen molar-refractivity contribution in [1.82, 2.24) is 0 Å². The summed E-state index contributed by atoms with van der Waals surface area (Å²) in [4.78, 5) is 1.13. The molecule has 2 aromatic rings. The molecule has 0 amide bonds. The van der Waals surface area contributed by atoms with Gasteiger partial charge in [-0.15, -0.1) is 11.3 Å². The van der Waals surface area contributed by atoms with E-state index in [1.807, 2.05) is 6.07 Å². The van der Waals surface area contributed by atoms with Crippen molar-refractivity contribution in [3.8, 4) is 0 Å². The zero-order valence-corrected chi connectivity index (χ0v) is 10.2. The molecule has 2 heterocycles. The summed E-state index contributed by atoms with van der Waals surface area (Å²) < 4.78 is 19.4. The lowest BCUT2D eigenvalue weighted by molar-refractivity contribution is 0.181. The molecule has 1 aromatic carbocycles. The van der Waals surface area contributed by atoms with E-state index in [2.05, 4.69) is 6.07 Å². The molecule has 1 aliphatic heterocycles. The molecule has 0 spiro atoms. The Morgan fingerprint density at radius 1 is 1.41 bits per heavy atom. The maximum atomic E-state index is 13.1. The maximum absolute atomic E-state index is 13.1. The lowest BCUT2D eigenvalue weighted by Crippen LogP contribution is -2.20. The molecule has 2 N–H and O–H groups in total. The Labute approximate surface area is 103 Å². The minimum absolute atomic E-state index is 0.0120. The fourth-order valence-corrected chi connectivity index (χ4v) is 3.44. The molecule has 0 bridgehead atoms. The molecule has 1 aromatic heterocycles. The molecule has 3 rings (SSSR count). The van der Waals surface area contributed by atoms with Crippen LogP contribution in [0.5, 0.6) is 0 Å². The number of rotatable bonds is 2. The third kappa shape index (κ3) is 2.08. The molecule has 2 unspecified atom stereocenters. The third-order valence-electron chi connectivity index (χ3n) is 3.30. The van der Waals surface area contributed by atoms with E-state index in [0.717, 1.165) is 34.6 Å². The average Bonchev–Trinajstić information content (AvgIpc) is 2.96. The molecule has 0 saturated carbocycles. The van der Waals surface area contributed by atoms with Crippen LogP contribution in [0.1, 0.15) is 17.3 Å². The highest BCUT2D eigenvalue weighted by Crippen LogP contribution is 2.34. The summed E-state index contributed by atoms with van der Waals surface area (Å²) in [5, 5.41) is 1.07. The summed E-state index contributed by atoms with van der Waals surface area (Å²) >= 11 is 1.59. The minimum Gasteiger partial charge on any atom is -0.381 e. The molecule has 1 saturated heterocycles. The van der Waals surface area contributed by atoms with Crippen LogP contribution in [-0.2, 0) is 4.74 Å². The molecular weight excluding hydrogens is 237 g/mol. The number of hydrogen-bond donors (Lipinski definition) is 1. The normalized spacial score (nSPS) is 22.1. The number of ether oxygens (including phenoxy) is 1. The SMILES string of the molecule is NC(c1cc2ccc(F)cc2s1)C1CCOC1. The Hall–Kier alpha value is -0.970. The van der Waals surface area contributed by atoms with Crippen LogP contribution in [0.25, 0.3) is 10.1 Å². The highest BCUT2D eigenvalue weighted by Gasteiger charge is 2.25. The molecule has 17 heavy (non-hydrogen) atoms. The van der Waals surface area contributed by atoms with Gasteiger partial charge >= 0.3 is 0 Å². The van der Waals surface area contributed by atoms with Crippen molar-refractivity contribution in [2.75, 3.05) is 13.2 Å². The number of benzene rings is 1. The number of thiophene rings is 1. The third-order valence-corrected chi connectivity index (χ3v) is 4.50. The zero-order chi connectivity index (χ0) is 11.8. The molecule has 0 radical (unpaired) electrons. The van der Waals surface area contributed by atoms with Crippen molar-refractivity contribution in [3.63, 3.8) is 0 Å². The first-order valence-electron chi connectivity index (χ1n) is 5.76. The Morgan fingerprint density at radius 2 is 2.29 bits per heavy atom. The first-order chi connectivity index (χ1) is 8.24. The van der Waals surface area contributed by atoms with Crippen LogP contribution < -0.4 is 5.73 Å². The van der Waals surface area contributed by atoms with Crippen molar-refractivity contribution in [2.24, 2.45) is 11.7 Å². The summed E-state index contributed by atoms with van der Waals surface area (Å²) in [6, 6.07) is 6.95. The highest BCUT2D eigenvalue weighted by atomic mass is 32.1. The van der Waals surface area contributed by atoms with E-state index in [9.17, 15) is 4.39 Å². The van der Waals surface area contributed by atoms with Gasteiger partial charge in [-0.25, -0.2) is 4.39 Å². The van der Waals surface area contributed by atoms with Crippen LogP contribution >= 0.6 is 11.3 Å². The van der Waals surface area contributed by atoms with Gasteiger partial charge in [-0.2, -0.15) is 0 Å². The zero-order valence-electron chi connectivity index (χ0n) is 9.36. The first-order valence-corrected chi connectivity index (χ1v) is 6.58. The molecule has 2 nitrogen and oxygen atoms in total. The number of nitrogens with two attached hydrogens (primary N) is 1. The van der Waals surface area contributed by atoms with Crippen molar-refractivity contribution < 1.29 is 9.13 Å². The van der Waals surface area contributed by atoms with Crippen molar-refractivity contribution in [1.29, 1.82) is 0 Å². The molecule has 4 heteroatoms. The van der Waals surface area contributed by atoms with E-state index in [-0.39, 0.29) is 11.9 Å². The van der Waals surface area contributed by atoms with Gasteiger partial charge in [0.2, 0.25) is 0 Å². The Morgan fingerprint density at radius 3 is 3.06 bits per heavy atom. The molecular formula is C13H14FNOS. The second-order valence-corrected chi connectivity index (χ2v) is 5.60. The molecule has 0 aliphatic carbocycles. The average molecular weight is 251 g/mol. The first kappa shape index (κ1) is 11.1. The topological polar surface area (TPSA) is 35.2 Å². The van der Waals surface area contributed by atoms with Gasteiger partial charge in [0.15, 0.2) is 0 Å². The van der Waals surface area contributed by atoms with E-state index in [0.29, 0.717) is 5.92 Å². The summed E-state index contributed by atoms with van der Waals surface area (Å²) in [6.45, 7) is 1.54. The van der Waals surface area contributed by atoms with Gasteiger partial charge < -0.3 is 10.5 Å². The summed E-state index contributed by atoms with van der Waals surface area (Å²) in [5.74, 6) is 0.205. The van der Waals surface area contributed by atoms with E-state index < -0.39 is 0 Å². The van der Waals surface area contributed by atoms with Crippen LogP contribution in [0.2, 0.25) is 0 Å². The van der Waals surface area contributed by atoms with Crippen LogP contribution in [0.3, 0.4) is 0 Å². The molecule has 1 aliphatic rings. The van der Waals surface area contributed by atoms with Gasteiger partial charge in [-0.3, -0.25) is 0 Å². The minimum atomic E-state index is -0.191. The van der Waals surface area contributed by atoms with E-state index in [4.69, 9.17) is 10.5 Å². The predicted octanol–water partition coefficient (Wildman–Crippen LogP) is 3.08. The molecule has 1 fully saturated rings. The predicted molar refractivity (Wildman–Crippen MR) is 67.6 cm³/mol. The summed E-state index contributed by atoms with van der Waals surface area (Å²) in [7, 11) is 0. The van der Waals surface area contributed by atoms with Gasteiger partial charge in [0.1, 0.15) is 5.82 Å². The smallest absolute Gasteiger partial charge is 0.124 e. The fourth-order valence-electron chi connectivity index (χ4n) is 2.26. The number of hydrogen-bond acceptors (Lipinski definition) is 3. The van der Waals surface area contributed by atoms with Gasteiger partial charge in [0.05, 0.1) is 6.61 Å². The van der Waals surface area contributed by atoms with Gasteiger partial charge in [-0.05, 0) is 30.0 Å². The highest BCUT2D eigenvalue weighted by molar-refractivity contribution is 7.19. The Kier molecular flexibility index (Phi) is 2.86. The van der Waals surface area contributed by atoms with Crippen molar-refractivity contribution in [3.05, 3.63) is 35.0 Å². The standard InChI is InChI=1S/C13H14FNOS/c14-10-2-1-8-5-12(17-11(8)6-10)13(15)9-3-4-16-7-9/h1-2,5-6,9,13H,3-4,7,15H2. The maximum Gasteiger partial charge on any atom is 0.124 e. The Balaban J connectivity index is 1.94. The monoisotopic (exact) mass is 251 g/mol. The second kappa shape index (κ2) is 4.37. The number of halogens is 1. The van der Waals surface area contributed by atoms with Crippen LogP contribution in [-0.4, -0.2) is 13.2 Å². The Bertz CT molecular complexity index is 533. The fraction of sp³-hybridized carbons (Fsp3) is 0.385. The van der Waals surface area contributed by atoms with Crippen LogP contribution in [0.15, 0.2) is 24.3 Å². The molecule has 2 atom stereocenters. The number of fused-ring (bicyclic) bond motifs is 1. The van der Waals surface area contributed by atoms with E-state index in [1.54, 1.807) is 17.4 Å². The van der Waals surface area contributed by atoms with Gasteiger partial charge in [0.25, 0.3) is 0 Å². The van der Waals surface area contributed by atoms with Crippen LogP contribution in [0, 0.1) is 11.7 Å². The largest absolute Gasteiger partial charge is 0.381 e. The lowest BCUT2D eigenvalue weighted by atomic mass is 9.98. The summed E-state index contributed by atoms with van der Waals surface area (Å²) in [5.41, 5.74) is 6.24.